The standard InChI is InChI=1S/C13H9N3STe/c14-10-17-18-13-9-5-4-8-12(13)16-15-11-6-2-1-3-7-11/h1-9H. The molecule has 0 radical (unpaired) electrons. The normalized spacial score (nSPS) is 10.4. The van der Waals surface area contributed by atoms with Crippen LogP contribution < -0.4 is 3.61 Å². The number of hydrogen-bond donors (Lipinski definition) is 0. The molecule has 0 spiro atoms. The molecule has 0 atom stereocenters. The van der Waals surface area contributed by atoms with Crippen molar-refractivity contribution in [2.75, 3.05) is 0 Å². The van der Waals surface area contributed by atoms with Crippen LogP contribution in [0.5, 0.6) is 0 Å². The number of nitriles is 1. The van der Waals surface area contributed by atoms with E-state index >= 15 is 0 Å². The Kier molecular flexibility index (Phi) is 5.23. The maximum absolute atomic E-state index is 8.62. The molecule has 0 saturated carbocycles. The quantitative estimate of drug-likeness (QED) is 0.472. The molecule has 0 aliphatic heterocycles. The molecule has 5 heteroatoms. The van der Waals surface area contributed by atoms with Gasteiger partial charge in [0.2, 0.25) is 0 Å². The summed E-state index contributed by atoms with van der Waals surface area (Å²) in [5, 5.41) is 19.2. The number of hydrogen-bond acceptors (Lipinski definition) is 4. The van der Waals surface area contributed by atoms with E-state index in [2.05, 4.69) is 15.6 Å². The van der Waals surface area contributed by atoms with E-state index in [-0.39, 0.29) is 0 Å². The fourth-order valence-electron chi connectivity index (χ4n) is 1.28. The number of benzene rings is 2. The third kappa shape index (κ3) is 3.85. The molecule has 2 rings (SSSR count). The van der Waals surface area contributed by atoms with Crippen molar-refractivity contribution < 1.29 is 0 Å². The molecular weight excluding hydrogens is 358 g/mol. The molecule has 88 valence electrons. The van der Waals surface area contributed by atoms with Crippen LogP contribution in [0.4, 0.5) is 11.4 Å². The van der Waals surface area contributed by atoms with Crippen molar-refractivity contribution >= 4 is 43.5 Å². The summed E-state index contributed by atoms with van der Waals surface area (Å²) in [6, 6.07) is 17.5. The molecular formula is C13H9N3STe. The second-order valence-corrected chi connectivity index (χ2v) is 7.89. The number of nitrogens with zero attached hydrogens (tertiary/aromatic N) is 3. The average molecular weight is 367 g/mol. The fourth-order valence-corrected chi connectivity index (χ4v) is 4.38. The average Bonchev–Trinajstić information content (AvgIpc) is 2.45. The molecule has 2 aromatic rings. The topological polar surface area (TPSA) is 48.5 Å². The van der Waals surface area contributed by atoms with E-state index in [0.29, 0.717) is 0 Å². The van der Waals surface area contributed by atoms with E-state index in [1.807, 2.05) is 54.6 Å². The Bertz CT molecular complexity index is 578. The molecule has 0 aliphatic carbocycles. The van der Waals surface area contributed by atoms with E-state index < -0.39 is 19.5 Å². The first kappa shape index (κ1) is 13.1. The van der Waals surface area contributed by atoms with Gasteiger partial charge in [-0.2, -0.15) is 0 Å². The summed E-state index contributed by atoms with van der Waals surface area (Å²) in [6.07, 6.45) is 0. The van der Waals surface area contributed by atoms with Crippen LogP contribution in [-0.2, 0) is 0 Å². The first-order valence-corrected chi connectivity index (χ1v) is 9.94. The Morgan fingerprint density at radius 3 is 2.44 bits per heavy atom. The number of rotatable bonds is 4. The molecule has 0 bridgehead atoms. The Morgan fingerprint density at radius 1 is 0.944 bits per heavy atom. The Balaban J connectivity index is 2.19. The molecule has 2 aromatic carbocycles. The maximum atomic E-state index is 8.62. The number of thiocyanates is 1. The van der Waals surface area contributed by atoms with E-state index in [1.54, 1.807) is 0 Å². The summed E-state index contributed by atoms with van der Waals surface area (Å²) >= 11 is -0.558. The van der Waals surface area contributed by atoms with E-state index in [0.717, 1.165) is 15.0 Å². The monoisotopic (exact) mass is 369 g/mol. The van der Waals surface area contributed by atoms with Gasteiger partial charge in [-0.05, 0) is 0 Å². The zero-order chi connectivity index (χ0) is 12.6. The van der Waals surface area contributed by atoms with Gasteiger partial charge < -0.3 is 0 Å². The van der Waals surface area contributed by atoms with Crippen molar-refractivity contribution in [1.29, 1.82) is 5.26 Å². The third-order valence-corrected chi connectivity index (χ3v) is 6.28. The van der Waals surface area contributed by atoms with Crippen LogP contribution in [0.15, 0.2) is 64.8 Å². The van der Waals surface area contributed by atoms with Gasteiger partial charge in [0.05, 0.1) is 0 Å². The zero-order valence-electron chi connectivity index (χ0n) is 9.35. The fraction of sp³-hybridized carbons (Fsp3) is 0. The Labute approximate surface area is 118 Å². The summed E-state index contributed by atoms with van der Waals surface area (Å²) < 4.78 is 1.15. The molecule has 3 nitrogen and oxygen atoms in total. The van der Waals surface area contributed by atoms with Crippen molar-refractivity contribution in [1.82, 2.24) is 0 Å². The Morgan fingerprint density at radius 2 is 1.67 bits per heavy atom. The summed E-state index contributed by atoms with van der Waals surface area (Å²) in [6.45, 7) is 0. The van der Waals surface area contributed by atoms with Crippen molar-refractivity contribution in [3.05, 3.63) is 54.6 Å². The van der Waals surface area contributed by atoms with Gasteiger partial charge in [-0.3, -0.25) is 0 Å². The van der Waals surface area contributed by atoms with Crippen LogP contribution in [0.25, 0.3) is 0 Å². The molecule has 0 aromatic heterocycles. The second-order valence-electron chi connectivity index (χ2n) is 3.26. The van der Waals surface area contributed by atoms with E-state index in [4.69, 9.17) is 5.26 Å². The van der Waals surface area contributed by atoms with Crippen molar-refractivity contribution in [3.8, 4) is 5.40 Å². The predicted molar refractivity (Wildman–Crippen MR) is 75.7 cm³/mol. The van der Waals surface area contributed by atoms with Crippen LogP contribution >= 0.6 is 8.99 Å². The van der Waals surface area contributed by atoms with Gasteiger partial charge in [0.1, 0.15) is 0 Å². The van der Waals surface area contributed by atoms with Crippen LogP contribution in [0.3, 0.4) is 0 Å². The van der Waals surface area contributed by atoms with Gasteiger partial charge in [0.25, 0.3) is 0 Å². The molecule has 0 N–H and O–H groups in total. The first-order valence-electron chi connectivity index (χ1n) is 5.18. The Hall–Kier alpha value is -1.33. The SMILES string of the molecule is N#CS[Te]c1ccccc1N=Nc1ccccc1. The molecule has 0 aliphatic rings. The van der Waals surface area contributed by atoms with E-state index in [9.17, 15) is 0 Å². The molecule has 0 fully saturated rings. The summed E-state index contributed by atoms with van der Waals surface area (Å²) in [5.74, 6) is 0. The molecule has 0 amide bonds. The molecule has 0 heterocycles. The van der Waals surface area contributed by atoms with Crippen LogP contribution in [0.2, 0.25) is 0 Å². The van der Waals surface area contributed by atoms with Gasteiger partial charge in [-0.15, -0.1) is 0 Å². The van der Waals surface area contributed by atoms with Crippen LogP contribution in [0.1, 0.15) is 0 Å². The summed E-state index contributed by atoms with van der Waals surface area (Å²) in [5.41, 5.74) is 1.70. The first-order chi connectivity index (χ1) is 8.90. The predicted octanol–water partition coefficient (Wildman–Crippen LogP) is 3.56. The number of azo groups is 1. The minimum absolute atomic E-state index is 0.558. The van der Waals surface area contributed by atoms with Crippen molar-refractivity contribution in [3.63, 3.8) is 0 Å². The van der Waals surface area contributed by atoms with Gasteiger partial charge in [-0.25, -0.2) is 0 Å². The van der Waals surface area contributed by atoms with E-state index in [1.165, 1.54) is 8.99 Å². The van der Waals surface area contributed by atoms with Gasteiger partial charge in [0.15, 0.2) is 0 Å². The van der Waals surface area contributed by atoms with Gasteiger partial charge in [0, 0.05) is 0 Å². The summed E-state index contributed by atoms with van der Waals surface area (Å²) in [7, 11) is 1.33. The third-order valence-electron chi connectivity index (χ3n) is 2.06. The van der Waals surface area contributed by atoms with Gasteiger partial charge >= 0.3 is 119 Å². The van der Waals surface area contributed by atoms with Crippen molar-refractivity contribution in [2.24, 2.45) is 10.2 Å². The second kappa shape index (κ2) is 7.18. The minimum atomic E-state index is -0.558. The molecule has 0 unspecified atom stereocenters. The van der Waals surface area contributed by atoms with Crippen LogP contribution in [0, 0.1) is 10.7 Å². The van der Waals surface area contributed by atoms with Crippen molar-refractivity contribution in [2.45, 2.75) is 0 Å². The zero-order valence-corrected chi connectivity index (χ0v) is 12.5. The molecule has 0 saturated heterocycles. The summed E-state index contributed by atoms with van der Waals surface area (Å²) in [4.78, 5) is 0. The molecule has 18 heavy (non-hydrogen) atoms. The van der Waals surface area contributed by atoms with Gasteiger partial charge in [-0.1, -0.05) is 0 Å². The van der Waals surface area contributed by atoms with Crippen LogP contribution in [-0.4, -0.2) is 19.5 Å².